The topological polar surface area (TPSA) is 88.7 Å². The number of hydrogen-bond acceptors (Lipinski definition) is 6. The van der Waals surface area contributed by atoms with Gasteiger partial charge in [0.15, 0.2) is 0 Å². The molecule has 2 heterocycles. The average Bonchev–Trinajstić information content (AvgIpc) is 2.80. The van der Waals surface area contributed by atoms with Crippen LogP contribution < -0.4 is 10.5 Å². The smallest absolute Gasteiger partial charge is 0.308 e. The van der Waals surface area contributed by atoms with E-state index in [2.05, 4.69) is 16.8 Å². The fourth-order valence-electron chi connectivity index (χ4n) is 4.55. The quantitative estimate of drug-likeness (QED) is 0.445. The standard InChI is InChI=1S/C24H34ClN3O3S/c1-3-11-32-12-10-28-9-8-16(19(15-28)24(29)30)4-6-21(26)23-18-13-17(31-2)5-7-22(18)27-14-20(23)25/h5,7,13-14,16,19,21H,3-4,6,8-12,15,26H2,1-2H3,(H,29,30)/t16?,19?,21-/m1/s1. The highest BCUT2D eigenvalue weighted by Crippen LogP contribution is 2.36. The SMILES string of the molecule is CCCSCCN1CCC(CC[C@@H](N)c2c(Cl)cnc3ccc(OC)cc23)C(C(=O)O)C1. The molecule has 0 aliphatic carbocycles. The van der Waals surface area contributed by atoms with E-state index < -0.39 is 5.97 Å². The predicted octanol–water partition coefficient (Wildman–Crippen LogP) is 4.84. The van der Waals surface area contributed by atoms with Gasteiger partial charge in [-0.1, -0.05) is 18.5 Å². The van der Waals surface area contributed by atoms with Crippen LogP contribution in [0.1, 0.15) is 44.2 Å². The van der Waals surface area contributed by atoms with Gasteiger partial charge >= 0.3 is 5.97 Å². The van der Waals surface area contributed by atoms with Crippen LogP contribution in [0, 0.1) is 11.8 Å². The molecule has 176 valence electrons. The summed E-state index contributed by atoms with van der Waals surface area (Å²) in [7, 11) is 1.62. The van der Waals surface area contributed by atoms with Crippen LogP contribution >= 0.6 is 23.4 Å². The number of fused-ring (bicyclic) bond motifs is 1. The molecule has 0 radical (unpaired) electrons. The normalized spacial score (nSPS) is 20.4. The first kappa shape index (κ1) is 25.1. The number of carbonyl (C=O) groups is 1. The van der Waals surface area contributed by atoms with Crippen LogP contribution in [-0.4, -0.2) is 59.2 Å². The second kappa shape index (κ2) is 12.1. The maximum Gasteiger partial charge on any atom is 0.308 e. The van der Waals surface area contributed by atoms with E-state index in [9.17, 15) is 9.90 Å². The largest absolute Gasteiger partial charge is 0.497 e. The molecule has 6 nitrogen and oxygen atoms in total. The Morgan fingerprint density at radius 1 is 1.44 bits per heavy atom. The molecular weight excluding hydrogens is 446 g/mol. The molecule has 1 aromatic carbocycles. The number of nitrogens with two attached hydrogens (primary N) is 1. The Labute approximate surface area is 199 Å². The van der Waals surface area contributed by atoms with Crippen LogP contribution in [0.15, 0.2) is 24.4 Å². The van der Waals surface area contributed by atoms with E-state index in [1.165, 1.54) is 6.42 Å². The van der Waals surface area contributed by atoms with Gasteiger partial charge in [0.25, 0.3) is 0 Å². The third kappa shape index (κ3) is 6.28. The van der Waals surface area contributed by atoms with Gasteiger partial charge in [-0.3, -0.25) is 9.78 Å². The summed E-state index contributed by atoms with van der Waals surface area (Å²) in [6.45, 7) is 4.72. The zero-order chi connectivity index (χ0) is 23.1. The van der Waals surface area contributed by atoms with Crippen molar-refractivity contribution in [2.45, 2.75) is 38.6 Å². The van der Waals surface area contributed by atoms with Crippen molar-refractivity contribution in [3.8, 4) is 5.75 Å². The lowest BCUT2D eigenvalue weighted by Crippen LogP contribution is -2.44. The minimum atomic E-state index is -0.702. The van der Waals surface area contributed by atoms with Crippen LogP contribution in [-0.2, 0) is 4.79 Å². The third-order valence-corrected chi connectivity index (χ3v) is 7.81. The summed E-state index contributed by atoms with van der Waals surface area (Å²) in [4.78, 5) is 18.7. The number of pyridine rings is 1. The highest BCUT2D eigenvalue weighted by molar-refractivity contribution is 7.99. The van der Waals surface area contributed by atoms with Gasteiger partial charge < -0.3 is 20.5 Å². The van der Waals surface area contributed by atoms with E-state index in [4.69, 9.17) is 22.1 Å². The van der Waals surface area contributed by atoms with Crippen LogP contribution in [0.25, 0.3) is 10.9 Å². The molecule has 32 heavy (non-hydrogen) atoms. The summed E-state index contributed by atoms with van der Waals surface area (Å²) in [5.74, 6) is 2.02. The molecule has 3 N–H and O–H groups in total. The fraction of sp³-hybridized carbons (Fsp3) is 0.583. The number of aliphatic carboxylic acids is 1. The van der Waals surface area contributed by atoms with Crippen LogP contribution in [0.2, 0.25) is 5.02 Å². The van der Waals surface area contributed by atoms with Crippen molar-refractivity contribution in [2.75, 3.05) is 38.2 Å². The first-order valence-electron chi connectivity index (χ1n) is 11.3. The maximum absolute atomic E-state index is 12.0. The first-order chi connectivity index (χ1) is 15.4. The molecule has 0 amide bonds. The first-order valence-corrected chi connectivity index (χ1v) is 12.9. The number of carboxylic acid groups (broad SMARTS) is 1. The Balaban J connectivity index is 1.66. The minimum absolute atomic E-state index is 0.125. The molecule has 1 aliphatic rings. The molecule has 3 rings (SSSR count). The molecule has 3 atom stereocenters. The van der Waals surface area contributed by atoms with E-state index in [-0.39, 0.29) is 17.9 Å². The van der Waals surface area contributed by atoms with Crippen molar-refractivity contribution in [1.82, 2.24) is 9.88 Å². The molecule has 1 saturated heterocycles. The number of ether oxygens (including phenoxy) is 1. The van der Waals surface area contributed by atoms with Crippen LogP contribution in [0.3, 0.4) is 0 Å². The molecule has 0 spiro atoms. The Morgan fingerprint density at radius 2 is 2.25 bits per heavy atom. The van der Waals surface area contributed by atoms with Crippen molar-refractivity contribution in [2.24, 2.45) is 17.6 Å². The summed E-state index contributed by atoms with van der Waals surface area (Å²) in [6.07, 6.45) is 5.15. The summed E-state index contributed by atoms with van der Waals surface area (Å²) < 4.78 is 5.36. The second-order valence-corrected chi connectivity index (χ2v) is 10.1. The lowest BCUT2D eigenvalue weighted by molar-refractivity contribution is -0.146. The minimum Gasteiger partial charge on any atom is -0.497 e. The Kier molecular flexibility index (Phi) is 9.46. The monoisotopic (exact) mass is 479 g/mol. The van der Waals surface area contributed by atoms with Gasteiger partial charge in [-0.05, 0) is 67.7 Å². The van der Waals surface area contributed by atoms with Gasteiger partial charge in [-0.15, -0.1) is 0 Å². The highest BCUT2D eigenvalue weighted by atomic mass is 35.5. The number of halogens is 1. The number of methoxy groups -OCH3 is 1. The van der Waals surface area contributed by atoms with Gasteiger partial charge in [0.1, 0.15) is 5.75 Å². The molecule has 1 aliphatic heterocycles. The van der Waals surface area contributed by atoms with Gasteiger partial charge in [0, 0.05) is 36.5 Å². The second-order valence-electron chi connectivity index (χ2n) is 8.49. The number of hydrogen-bond donors (Lipinski definition) is 2. The Bertz CT molecular complexity index is 913. The number of aromatic nitrogens is 1. The molecule has 2 unspecified atom stereocenters. The average molecular weight is 480 g/mol. The van der Waals surface area contributed by atoms with Gasteiger partial charge in [0.05, 0.1) is 23.6 Å². The van der Waals surface area contributed by atoms with E-state index in [1.807, 2.05) is 30.0 Å². The molecule has 1 aromatic heterocycles. The summed E-state index contributed by atoms with van der Waals surface area (Å²) in [6, 6.07) is 5.39. The molecule has 0 bridgehead atoms. The lowest BCUT2D eigenvalue weighted by Gasteiger charge is -2.37. The van der Waals surface area contributed by atoms with E-state index >= 15 is 0 Å². The van der Waals surface area contributed by atoms with Gasteiger partial charge in [-0.2, -0.15) is 11.8 Å². The highest BCUT2D eigenvalue weighted by Gasteiger charge is 2.34. The van der Waals surface area contributed by atoms with Crippen LogP contribution in [0.4, 0.5) is 0 Å². The molecule has 8 heteroatoms. The molecular formula is C24H34ClN3O3S. The Morgan fingerprint density at radius 3 is 2.97 bits per heavy atom. The molecule has 2 aromatic rings. The summed E-state index contributed by atoms with van der Waals surface area (Å²) >= 11 is 8.44. The number of thioether (sulfide) groups is 1. The van der Waals surface area contributed by atoms with Crippen molar-refractivity contribution >= 4 is 40.2 Å². The zero-order valence-corrected chi connectivity index (χ0v) is 20.5. The zero-order valence-electron chi connectivity index (χ0n) is 18.9. The van der Waals surface area contributed by atoms with Crippen molar-refractivity contribution in [1.29, 1.82) is 0 Å². The van der Waals surface area contributed by atoms with Crippen molar-refractivity contribution in [3.05, 3.63) is 35.0 Å². The van der Waals surface area contributed by atoms with E-state index in [1.54, 1.807) is 13.3 Å². The molecule has 1 fully saturated rings. The van der Waals surface area contributed by atoms with Gasteiger partial charge in [-0.25, -0.2) is 0 Å². The Hall–Kier alpha value is -1.54. The lowest BCUT2D eigenvalue weighted by atomic mass is 9.81. The number of piperidine rings is 1. The van der Waals surface area contributed by atoms with Crippen molar-refractivity contribution in [3.63, 3.8) is 0 Å². The summed E-state index contributed by atoms with van der Waals surface area (Å²) in [5.41, 5.74) is 8.27. The van der Waals surface area contributed by atoms with Crippen molar-refractivity contribution < 1.29 is 14.6 Å². The number of carboxylic acids is 1. The van der Waals surface area contributed by atoms with E-state index in [0.29, 0.717) is 18.0 Å². The summed E-state index contributed by atoms with van der Waals surface area (Å²) in [5, 5.41) is 11.3. The van der Waals surface area contributed by atoms with Crippen LogP contribution in [0.5, 0.6) is 5.75 Å². The number of benzene rings is 1. The van der Waals surface area contributed by atoms with E-state index in [0.717, 1.165) is 59.7 Å². The maximum atomic E-state index is 12.0. The number of rotatable bonds is 11. The predicted molar refractivity (Wildman–Crippen MR) is 133 cm³/mol. The fourth-order valence-corrected chi connectivity index (χ4v) is 5.72. The molecule has 0 saturated carbocycles. The number of likely N-dealkylation sites (tertiary alicyclic amines) is 1. The van der Waals surface area contributed by atoms with Gasteiger partial charge in [0.2, 0.25) is 0 Å². The number of nitrogens with zero attached hydrogens (tertiary/aromatic N) is 2. The third-order valence-electron chi connectivity index (χ3n) is 6.34.